The van der Waals surface area contributed by atoms with Crippen molar-refractivity contribution >= 4 is 41.7 Å². The molecule has 1 aliphatic rings. The lowest BCUT2D eigenvalue weighted by Crippen LogP contribution is -2.47. The number of hydrogen-bond donors (Lipinski definition) is 0. The van der Waals surface area contributed by atoms with Gasteiger partial charge < -0.3 is 4.43 Å². The van der Waals surface area contributed by atoms with Gasteiger partial charge >= 0.3 is 0 Å². The highest BCUT2D eigenvalue weighted by atomic mass is 32.2. The molecule has 0 radical (unpaired) electrons. The first-order chi connectivity index (χ1) is 13.8. The first-order valence-electron chi connectivity index (χ1n) is 11.0. The molecule has 2 rings (SSSR count). The van der Waals surface area contributed by atoms with Crippen molar-refractivity contribution in [2.45, 2.75) is 74.8 Å². The van der Waals surface area contributed by atoms with Crippen LogP contribution in [-0.2, 0) is 14.3 Å². The van der Waals surface area contributed by atoms with E-state index in [0.717, 1.165) is 18.1 Å². The highest BCUT2D eigenvalue weighted by molar-refractivity contribution is 8.17. The molecule has 0 aromatic heterocycles. The fraction of sp³-hybridized carbons (Fsp3) is 0.727. The molecular formula is C22H38O3S3Si. The summed E-state index contributed by atoms with van der Waals surface area (Å²) in [7, 11) is -5.16. The Balaban J connectivity index is 2.27. The van der Waals surface area contributed by atoms with E-state index in [2.05, 4.69) is 34.6 Å². The quantitative estimate of drug-likeness (QED) is 0.351. The first-order valence-corrected chi connectivity index (χ1v) is 17.2. The standard InChI is InChI=1S/C22H38O3S3Si/c1-6-29(7-2,8-3)25-21(19(5)22-26-15-12-16-27-22)18(4)17-28(23,24)20-13-10-9-11-14-20/h9-11,13-14,18-19,21-22H,6-8,12,15-17H2,1-5H3/t18-,19+,21+/m1/s1. The van der Waals surface area contributed by atoms with E-state index in [1.54, 1.807) is 24.3 Å². The summed E-state index contributed by atoms with van der Waals surface area (Å²) in [6.07, 6.45) is 1.25. The normalized spacial score (nSPS) is 19.6. The number of benzene rings is 1. The van der Waals surface area contributed by atoms with Gasteiger partial charge in [-0.25, -0.2) is 8.42 Å². The third-order valence-corrected chi connectivity index (χ3v) is 16.2. The van der Waals surface area contributed by atoms with Crippen LogP contribution in [-0.4, -0.2) is 44.7 Å². The summed E-state index contributed by atoms with van der Waals surface area (Å²) in [6, 6.07) is 12.1. The SMILES string of the molecule is CC[Si](CC)(CC)O[C@@H]([C@H](C)CS(=O)(=O)c1ccccc1)[C@H](C)C1SCCCS1. The second-order valence-corrected chi connectivity index (χ2v) is 17.8. The molecular weight excluding hydrogens is 437 g/mol. The first kappa shape index (κ1) is 25.3. The van der Waals surface area contributed by atoms with Crippen molar-refractivity contribution in [1.82, 2.24) is 0 Å². The predicted molar refractivity (Wildman–Crippen MR) is 132 cm³/mol. The molecule has 7 heteroatoms. The Labute approximate surface area is 188 Å². The summed E-state index contributed by atoms with van der Waals surface area (Å²) in [5.41, 5.74) is 0. The minimum Gasteiger partial charge on any atom is -0.413 e. The van der Waals surface area contributed by atoms with Gasteiger partial charge in [-0.3, -0.25) is 0 Å². The molecule has 1 fully saturated rings. The molecule has 0 spiro atoms. The summed E-state index contributed by atoms with van der Waals surface area (Å²) >= 11 is 4.06. The van der Waals surface area contributed by atoms with Crippen molar-refractivity contribution in [2.24, 2.45) is 11.8 Å². The van der Waals surface area contributed by atoms with Gasteiger partial charge in [-0.1, -0.05) is 52.8 Å². The van der Waals surface area contributed by atoms with E-state index in [0.29, 0.717) is 15.4 Å². The zero-order valence-electron chi connectivity index (χ0n) is 18.6. The van der Waals surface area contributed by atoms with Gasteiger partial charge in [-0.05, 0) is 54.1 Å². The van der Waals surface area contributed by atoms with Gasteiger partial charge in [0.2, 0.25) is 0 Å². The molecule has 0 bridgehead atoms. The maximum absolute atomic E-state index is 13.1. The van der Waals surface area contributed by atoms with Crippen molar-refractivity contribution < 1.29 is 12.8 Å². The van der Waals surface area contributed by atoms with Crippen molar-refractivity contribution in [1.29, 1.82) is 0 Å². The highest BCUT2D eigenvalue weighted by Gasteiger charge is 2.40. The van der Waals surface area contributed by atoms with Crippen LogP contribution in [0.1, 0.15) is 41.0 Å². The largest absolute Gasteiger partial charge is 0.413 e. The third-order valence-electron chi connectivity index (χ3n) is 6.26. The Bertz CT molecular complexity index is 693. The molecule has 3 nitrogen and oxygen atoms in total. The van der Waals surface area contributed by atoms with Crippen LogP contribution in [0.2, 0.25) is 18.1 Å². The van der Waals surface area contributed by atoms with Gasteiger partial charge in [0.05, 0.1) is 21.3 Å². The molecule has 0 unspecified atom stereocenters. The van der Waals surface area contributed by atoms with E-state index in [9.17, 15) is 8.42 Å². The molecule has 166 valence electrons. The van der Waals surface area contributed by atoms with Gasteiger partial charge in [-0.15, -0.1) is 23.5 Å². The Kier molecular flexibility index (Phi) is 10.1. The molecule has 29 heavy (non-hydrogen) atoms. The molecule has 0 N–H and O–H groups in total. The monoisotopic (exact) mass is 474 g/mol. The lowest BCUT2D eigenvalue weighted by Gasteiger charge is -2.41. The lowest BCUT2D eigenvalue weighted by atomic mass is 9.96. The van der Waals surface area contributed by atoms with Gasteiger partial charge in [0.25, 0.3) is 0 Å². The van der Waals surface area contributed by atoms with Gasteiger partial charge in [0.15, 0.2) is 18.2 Å². The molecule has 1 aliphatic heterocycles. The average Bonchev–Trinajstić information content (AvgIpc) is 2.75. The molecule has 0 amide bonds. The van der Waals surface area contributed by atoms with Crippen molar-refractivity contribution in [2.75, 3.05) is 17.3 Å². The molecule has 1 aromatic rings. The minimum atomic E-state index is -3.32. The molecule has 1 heterocycles. The number of sulfone groups is 1. The van der Waals surface area contributed by atoms with Gasteiger partial charge in [-0.2, -0.15) is 0 Å². The van der Waals surface area contributed by atoms with Crippen LogP contribution in [0.5, 0.6) is 0 Å². The van der Waals surface area contributed by atoms with Crippen LogP contribution in [0.3, 0.4) is 0 Å². The Morgan fingerprint density at radius 2 is 1.59 bits per heavy atom. The van der Waals surface area contributed by atoms with Crippen molar-refractivity contribution in [3.8, 4) is 0 Å². The number of hydrogen-bond acceptors (Lipinski definition) is 5. The molecule has 3 atom stereocenters. The second-order valence-electron chi connectivity index (χ2n) is 8.22. The fourth-order valence-corrected chi connectivity index (χ4v) is 12.0. The average molecular weight is 475 g/mol. The zero-order chi connectivity index (χ0) is 21.5. The smallest absolute Gasteiger partial charge is 0.192 e. The van der Waals surface area contributed by atoms with E-state index < -0.39 is 18.2 Å². The summed E-state index contributed by atoms with van der Waals surface area (Å²) in [4.78, 5) is 0.421. The van der Waals surface area contributed by atoms with E-state index in [1.807, 2.05) is 29.6 Å². The van der Waals surface area contributed by atoms with Crippen molar-refractivity contribution in [3.05, 3.63) is 30.3 Å². The highest BCUT2D eigenvalue weighted by Crippen LogP contribution is 2.41. The Hall–Kier alpha value is 0.0469. The maximum atomic E-state index is 13.1. The third kappa shape index (κ3) is 6.76. The molecule has 1 saturated heterocycles. The Morgan fingerprint density at radius 3 is 2.10 bits per heavy atom. The fourth-order valence-electron chi connectivity index (χ4n) is 4.16. The van der Waals surface area contributed by atoms with E-state index >= 15 is 0 Å². The minimum absolute atomic E-state index is 0.0110. The van der Waals surface area contributed by atoms with Gasteiger partial charge in [0, 0.05) is 5.92 Å². The van der Waals surface area contributed by atoms with Crippen LogP contribution in [0.4, 0.5) is 0 Å². The summed E-state index contributed by atoms with van der Waals surface area (Å²) in [5, 5.41) is 0. The van der Waals surface area contributed by atoms with Crippen LogP contribution < -0.4 is 0 Å². The van der Waals surface area contributed by atoms with Crippen LogP contribution in [0, 0.1) is 11.8 Å². The van der Waals surface area contributed by atoms with E-state index in [1.165, 1.54) is 17.9 Å². The van der Waals surface area contributed by atoms with Gasteiger partial charge in [0.1, 0.15) is 0 Å². The summed E-state index contributed by atoms with van der Waals surface area (Å²) < 4.78 is 33.6. The number of rotatable bonds is 11. The topological polar surface area (TPSA) is 43.4 Å². The second kappa shape index (κ2) is 11.6. The Morgan fingerprint density at radius 1 is 1.03 bits per heavy atom. The summed E-state index contributed by atoms with van der Waals surface area (Å²) in [5.74, 6) is 2.85. The maximum Gasteiger partial charge on any atom is 0.192 e. The van der Waals surface area contributed by atoms with E-state index in [4.69, 9.17) is 4.43 Å². The number of thioether (sulfide) groups is 2. The van der Waals surface area contributed by atoms with Crippen LogP contribution in [0.25, 0.3) is 0 Å². The van der Waals surface area contributed by atoms with Crippen molar-refractivity contribution in [3.63, 3.8) is 0 Å². The van der Waals surface area contributed by atoms with Crippen LogP contribution in [0.15, 0.2) is 35.2 Å². The zero-order valence-corrected chi connectivity index (χ0v) is 22.0. The van der Waals surface area contributed by atoms with Crippen LogP contribution >= 0.6 is 23.5 Å². The molecule has 1 aromatic carbocycles. The lowest BCUT2D eigenvalue weighted by molar-refractivity contribution is 0.0929. The molecule has 0 aliphatic carbocycles. The summed E-state index contributed by atoms with van der Waals surface area (Å²) in [6.45, 7) is 11.1. The predicted octanol–water partition coefficient (Wildman–Crippen LogP) is 6.32. The molecule has 0 saturated carbocycles. The van der Waals surface area contributed by atoms with E-state index in [-0.39, 0.29) is 17.8 Å².